The Kier molecular flexibility index (Phi) is 7.73. The summed E-state index contributed by atoms with van der Waals surface area (Å²) >= 11 is 0. The standard InChI is InChI=1S/C14H26N2O2/c1-4-15-13(2)14-7-5-8-16(14)9-12-18-11-6-10-17-3/h5,7-8,13,15H,4,6,9-12H2,1-3H3. The van der Waals surface area contributed by atoms with Crippen molar-refractivity contribution in [3.8, 4) is 0 Å². The van der Waals surface area contributed by atoms with E-state index in [1.54, 1.807) is 7.11 Å². The first-order valence-electron chi connectivity index (χ1n) is 6.74. The summed E-state index contributed by atoms with van der Waals surface area (Å²) in [6.07, 6.45) is 3.07. The van der Waals surface area contributed by atoms with E-state index in [4.69, 9.17) is 9.47 Å². The molecule has 0 spiro atoms. The second kappa shape index (κ2) is 9.14. The van der Waals surface area contributed by atoms with Crippen LogP contribution in [0.25, 0.3) is 0 Å². The van der Waals surface area contributed by atoms with Gasteiger partial charge in [-0.3, -0.25) is 0 Å². The quantitative estimate of drug-likeness (QED) is 0.650. The summed E-state index contributed by atoms with van der Waals surface area (Å²) in [6.45, 7) is 8.51. The number of methoxy groups -OCH3 is 1. The van der Waals surface area contributed by atoms with Crippen molar-refractivity contribution in [1.29, 1.82) is 0 Å². The molecule has 4 nitrogen and oxygen atoms in total. The molecule has 4 heteroatoms. The molecule has 0 aliphatic heterocycles. The largest absolute Gasteiger partial charge is 0.385 e. The first-order chi connectivity index (χ1) is 8.79. The maximum atomic E-state index is 5.58. The third-order valence-electron chi connectivity index (χ3n) is 2.93. The van der Waals surface area contributed by atoms with Gasteiger partial charge in [-0.2, -0.15) is 0 Å². The molecule has 1 atom stereocenters. The maximum Gasteiger partial charge on any atom is 0.0645 e. The topological polar surface area (TPSA) is 35.4 Å². The van der Waals surface area contributed by atoms with Gasteiger partial charge in [-0.25, -0.2) is 0 Å². The molecule has 1 aromatic heterocycles. The van der Waals surface area contributed by atoms with E-state index < -0.39 is 0 Å². The Morgan fingerprint density at radius 3 is 2.89 bits per heavy atom. The fourth-order valence-electron chi connectivity index (χ4n) is 2.01. The third kappa shape index (κ3) is 5.21. The molecule has 1 rings (SSSR count). The summed E-state index contributed by atoms with van der Waals surface area (Å²) in [5.41, 5.74) is 1.32. The summed E-state index contributed by atoms with van der Waals surface area (Å²) in [7, 11) is 1.72. The van der Waals surface area contributed by atoms with E-state index in [-0.39, 0.29) is 0 Å². The lowest BCUT2D eigenvalue weighted by Gasteiger charge is -2.16. The van der Waals surface area contributed by atoms with Gasteiger partial charge < -0.3 is 19.4 Å². The molecule has 0 aliphatic rings. The van der Waals surface area contributed by atoms with E-state index in [1.807, 2.05) is 0 Å². The minimum absolute atomic E-state index is 0.387. The molecule has 0 amide bonds. The zero-order valence-electron chi connectivity index (χ0n) is 11.8. The molecule has 0 aliphatic carbocycles. The van der Waals surface area contributed by atoms with Crippen LogP contribution in [0.2, 0.25) is 0 Å². The van der Waals surface area contributed by atoms with Crippen molar-refractivity contribution in [2.75, 3.05) is 33.5 Å². The van der Waals surface area contributed by atoms with E-state index in [9.17, 15) is 0 Å². The SMILES string of the molecule is CCNC(C)c1cccn1CCOCCCOC. The fourth-order valence-corrected chi connectivity index (χ4v) is 2.01. The number of nitrogens with zero attached hydrogens (tertiary/aromatic N) is 1. The lowest BCUT2D eigenvalue weighted by atomic mass is 10.2. The highest BCUT2D eigenvalue weighted by atomic mass is 16.5. The second-order valence-corrected chi connectivity index (χ2v) is 4.36. The molecule has 0 fully saturated rings. The molecular formula is C14H26N2O2. The van der Waals surface area contributed by atoms with Crippen LogP contribution in [0, 0.1) is 0 Å². The van der Waals surface area contributed by atoms with Crippen LogP contribution in [0.4, 0.5) is 0 Å². The highest BCUT2D eigenvalue weighted by Gasteiger charge is 2.08. The van der Waals surface area contributed by atoms with Crippen LogP contribution < -0.4 is 5.32 Å². The smallest absolute Gasteiger partial charge is 0.0645 e. The zero-order valence-corrected chi connectivity index (χ0v) is 11.8. The van der Waals surface area contributed by atoms with E-state index in [2.05, 4.69) is 42.1 Å². The van der Waals surface area contributed by atoms with Gasteiger partial charge in [0.05, 0.1) is 6.61 Å². The van der Waals surface area contributed by atoms with Gasteiger partial charge in [-0.15, -0.1) is 0 Å². The molecule has 0 bridgehead atoms. The number of rotatable bonds is 10. The molecule has 104 valence electrons. The fraction of sp³-hybridized carbons (Fsp3) is 0.714. The van der Waals surface area contributed by atoms with Crippen molar-refractivity contribution in [2.45, 2.75) is 32.9 Å². The van der Waals surface area contributed by atoms with Crippen molar-refractivity contribution in [2.24, 2.45) is 0 Å². The highest BCUT2D eigenvalue weighted by Crippen LogP contribution is 2.12. The second-order valence-electron chi connectivity index (χ2n) is 4.36. The molecule has 0 aromatic carbocycles. The van der Waals surface area contributed by atoms with Gasteiger partial charge >= 0.3 is 0 Å². The summed E-state index contributed by atoms with van der Waals surface area (Å²) in [5.74, 6) is 0. The normalized spacial score (nSPS) is 12.8. The van der Waals surface area contributed by atoms with Crippen LogP contribution in [0.5, 0.6) is 0 Å². The highest BCUT2D eigenvalue weighted by molar-refractivity contribution is 5.11. The predicted octanol–water partition coefficient (Wildman–Crippen LogP) is 2.21. The van der Waals surface area contributed by atoms with E-state index in [1.165, 1.54) is 5.69 Å². The summed E-state index contributed by atoms with van der Waals surface area (Å²) in [6, 6.07) is 4.64. The van der Waals surface area contributed by atoms with Crippen molar-refractivity contribution < 1.29 is 9.47 Å². The van der Waals surface area contributed by atoms with Crippen molar-refractivity contribution in [3.05, 3.63) is 24.0 Å². The van der Waals surface area contributed by atoms with Gasteiger partial charge in [-0.1, -0.05) is 6.92 Å². The van der Waals surface area contributed by atoms with Crippen molar-refractivity contribution >= 4 is 0 Å². The Labute approximate surface area is 110 Å². The minimum atomic E-state index is 0.387. The minimum Gasteiger partial charge on any atom is -0.385 e. The Balaban J connectivity index is 2.27. The van der Waals surface area contributed by atoms with Crippen LogP contribution >= 0.6 is 0 Å². The molecular weight excluding hydrogens is 228 g/mol. The van der Waals surface area contributed by atoms with E-state index in [0.29, 0.717) is 6.04 Å². The molecule has 18 heavy (non-hydrogen) atoms. The first-order valence-corrected chi connectivity index (χ1v) is 6.74. The molecule has 1 heterocycles. The van der Waals surface area contributed by atoms with E-state index >= 15 is 0 Å². The van der Waals surface area contributed by atoms with Gasteiger partial charge in [-0.05, 0) is 32.0 Å². The Morgan fingerprint density at radius 2 is 2.17 bits per heavy atom. The van der Waals surface area contributed by atoms with Crippen LogP contribution in [-0.2, 0) is 16.0 Å². The number of ether oxygens (including phenoxy) is 2. The summed E-state index contributed by atoms with van der Waals surface area (Å²) < 4.78 is 12.8. The monoisotopic (exact) mass is 254 g/mol. The van der Waals surface area contributed by atoms with Gasteiger partial charge in [0.1, 0.15) is 0 Å². The zero-order chi connectivity index (χ0) is 13.2. The van der Waals surface area contributed by atoms with Gasteiger partial charge in [0.25, 0.3) is 0 Å². The number of nitrogens with one attached hydrogen (secondary N) is 1. The molecule has 0 saturated carbocycles. The van der Waals surface area contributed by atoms with Gasteiger partial charge in [0.2, 0.25) is 0 Å². The summed E-state index contributed by atoms with van der Waals surface area (Å²) in [5, 5.41) is 3.43. The third-order valence-corrected chi connectivity index (χ3v) is 2.93. The lowest BCUT2D eigenvalue weighted by Crippen LogP contribution is -2.21. The first kappa shape index (κ1) is 15.2. The van der Waals surface area contributed by atoms with Gasteiger partial charge in [0.15, 0.2) is 0 Å². The summed E-state index contributed by atoms with van der Waals surface area (Å²) in [4.78, 5) is 0. The lowest BCUT2D eigenvalue weighted by molar-refractivity contribution is 0.0972. The van der Waals surface area contributed by atoms with Crippen LogP contribution in [-0.4, -0.2) is 38.0 Å². The maximum absolute atomic E-state index is 5.58. The number of hydrogen-bond acceptors (Lipinski definition) is 3. The van der Waals surface area contributed by atoms with Crippen molar-refractivity contribution in [1.82, 2.24) is 9.88 Å². The van der Waals surface area contributed by atoms with Crippen LogP contribution in [0.1, 0.15) is 32.0 Å². The van der Waals surface area contributed by atoms with Crippen LogP contribution in [0.3, 0.4) is 0 Å². The molecule has 0 saturated heterocycles. The molecule has 1 N–H and O–H groups in total. The average molecular weight is 254 g/mol. The van der Waals surface area contributed by atoms with E-state index in [0.717, 1.165) is 39.3 Å². The van der Waals surface area contributed by atoms with Crippen LogP contribution in [0.15, 0.2) is 18.3 Å². The molecule has 1 aromatic rings. The van der Waals surface area contributed by atoms with Crippen molar-refractivity contribution in [3.63, 3.8) is 0 Å². The number of hydrogen-bond donors (Lipinski definition) is 1. The van der Waals surface area contributed by atoms with Gasteiger partial charge in [0, 0.05) is 44.8 Å². The Bertz CT molecular complexity index is 312. The molecule has 0 radical (unpaired) electrons. The average Bonchev–Trinajstić information content (AvgIpc) is 2.82. The predicted molar refractivity (Wildman–Crippen MR) is 73.8 cm³/mol. The Morgan fingerprint density at radius 1 is 1.33 bits per heavy atom. The number of aromatic nitrogens is 1. The molecule has 1 unspecified atom stereocenters. The Hall–Kier alpha value is -0.840.